The molecule has 1 amide bonds. The van der Waals surface area contributed by atoms with Gasteiger partial charge in [-0.1, -0.05) is 18.2 Å². The summed E-state index contributed by atoms with van der Waals surface area (Å²) in [5.41, 5.74) is 2.51. The van der Waals surface area contributed by atoms with Gasteiger partial charge in [-0.3, -0.25) is 4.79 Å². The van der Waals surface area contributed by atoms with E-state index in [1.54, 1.807) is 4.68 Å². The molecule has 0 spiro atoms. The molecule has 1 aliphatic rings. The molecular formula is C18H20N4O2. The molecule has 3 aromatic rings. The number of benzene rings is 1. The predicted molar refractivity (Wildman–Crippen MR) is 91.3 cm³/mol. The number of fused-ring (bicyclic) bond motifs is 2. The standard InChI is InChI=1S/C18H20N4O2/c1-13-16(20-22-11-12-24-18(13)22)17(23)19-8-4-9-21-10-7-14-5-2-3-6-15(14)21/h2-3,5-7,10H,4,8-9,11-12H2,1H3,(H,19,23). The van der Waals surface area contributed by atoms with E-state index in [9.17, 15) is 4.79 Å². The van der Waals surface area contributed by atoms with Crippen molar-refractivity contribution in [3.8, 4) is 5.88 Å². The number of carbonyl (C=O) groups is 1. The van der Waals surface area contributed by atoms with Crippen LogP contribution in [-0.2, 0) is 13.1 Å². The third kappa shape index (κ3) is 2.54. The maximum absolute atomic E-state index is 12.3. The molecule has 6 nitrogen and oxygen atoms in total. The molecule has 0 unspecified atom stereocenters. The molecule has 1 aromatic carbocycles. The Morgan fingerprint density at radius 3 is 3.08 bits per heavy atom. The summed E-state index contributed by atoms with van der Waals surface area (Å²) in [6.45, 7) is 4.72. The highest BCUT2D eigenvalue weighted by Gasteiger charge is 2.24. The quantitative estimate of drug-likeness (QED) is 0.733. The van der Waals surface area contributed by atoms with E-state index in [-0.39, 0.29) is 5.91 Å². The number of ether oxygens (including phenoxy) is 1. The first-order chi connectivity index (χ1) is 11.7. The van der Waals surface area contributed by atoms with Crippen LogP contribution >= 0.6 is 0 Å². The van der Waals surface area contributed by atoms with Gasteiger partial charge in [0.1, 0.15) is 6.61 Å². The molecule has 3 heterocycles. The van der Waals surface area contributed by atoms with Crippen molar-refractivity contribution in [1.82, 2.24) is 19.7 Å². The van der Waals surface area contributed by atoms with Gasteiger partial charge < -0.3 is 14.6 Å². The Labute approximate surface area is 140 Å². The van der Waals surface area contributed by atoms with Crippen molar-refractivity contribution in [2.45, 2.75) is 26.4 Å². The number of nitrogens with one attached hydrogen (secondary N) is 1. The topological polar surface area (TPSA) is 61.1 Å². The molecule has 0 aliphatic carbocycles. The van der Waals surface area contributed by atoms with Crippen molar-refractivity contribution >= 4 is 16.8 Å². The lowest BCUT2D eigenvalue weighted by Crippen LogP contribution is -2.26. The van der Waals surface area contributed by atoms with Gasteiger partial charge in [0.15, 0.2) is 5.69 Å². The Bertz CT molecular complexity index is 894. The van der Waals surface area contributed by atoms with E-state index in [1.807, 2.05) is 19.1 Å². The van der Waals surface area contributed by atoms with Gasteiger partial charge in [-0.25, -0.2) is 4.68 Å². The van der Waals surface area contributed by atoms with Gasteiger partial charge in [0, 0.05) is 30.4 Å². The molecule has 6 heteroatoms. The zero-order valence-electron chi connectivity index (χ0n) is 13.7. The molecule has 0 atom stereocenters. The maximum Gasteiger partial charge on any atom is 0.272 e. The first kappa shape index (κ1) is 14.8. The summed E-state index contributed by atoms with van der Waals surface area (Å²) in [6.07, 6.45) is 2.96. The van der Waals surface area contributed by atoms with Gasteiger partial charge in [-0.05, 0) is 30.9 Å². The van der Waals surface area contributed by atoms with Crippen LogP contribution in [0.4, 0.5) is 0 Å². The van der Waals surface area contributed by atoms with Crippen LogP contribution in [0.25, 0.3) is 10.9 Å². The van der Waals surface area contributed by atoms with Crippen molar-refractivity contribution in [2.24, 2.45) is 0 Å². The predicted octanol–water partition coefficient (Wildman–Crippen LogP) is 2.36. The highest BCUT2D eigenvalue weighted by atomic mass is 16.5. The minimum Gasteiger partial charge on any atom is -0.476 e. The lowest BCUT2D eigenvalue weighted by molar-refractivity contribution is 0.0946. The lowest BCUT2D eigenvalue weighted by Gasteiger charge is -2.07. The number of aromatic nitrogens is 3. The third-order valence-corrected chi connectivity index (χ3v) is 4.43. The summed E-state index contributed by atoms with van der Waals surface area (Å²) in [5, 5.41) is 8.53. The Morgan fingerprint density at radius 1 is 1.33 bits per heavy atom. The molecule has 0 saturated carbocycles. The number of amides is 1. The van der Waals surface area contributed by atoms with Gasteiger partial charge in [0.2, 0.25) is 5.88 Å². The first-order valence-corrected chi connectivity index (χ1v) is 8.26. The van der Waals surface area contributed by atoms with Crippen LogP contribution in [0.15, 0.2) is 36.5 Å². The van der Waals surface area contributed by atoms with Gasteiger partial charge in [0.25, 0.3) is 5.91 Å². The fraction of sp³-hybridized carbons (Fsp3) is 0.333. The number of para-hydroxylation sites is 1. The summed E-state index contributed by atoms with van der Waals surface area (Å²) in [5.74, 6) is 0.592. The van der Waals surface area contributed by atoms with E-state index in [0.29, 0.717) is 25.4 Å². The Morgan fingerprint density at radius 2 is 2.21 bits per heavy atom. The average Bonchev–Trinajstić information content (AvgIpc) is 3.28. The minimum absolute atomic E-state index is 0.129. The summed E-state index contributed by atoms with van der Waals surface area (Å²) in [6, 6.07) is 10.4. The molecule has 2 aromatic heterocycles. The Kier molecular flexibility index (Phi) is 3.72. The minimum atomic E-state index is -0.129. The Balaban J connectivity index is 1.33. The second kappa shape index (κ2) is 6.03. The monoisotopic (exact) mass is 324 g/mol. The van der Waals surface area contributed by atoms with Gasteiger partial charge >= 0.3 is 0 Å². The number of aryl methyl sites for hydroxylation is 1. The molecule has 0 bridgehead atoms. The summed E-state index contributed by atoms with van der Waals surface area (Å²) in [7, 11) is 0. The zero-order valence-corrected chi connectivity index (χ0v) is 13.7. The van der Waals surface area contributed by atoms with Gasteiger partial charge in [-0.15, -0.1) is 0 Å². The summed E-state index contributed by atoms with van der Waals surface area (Å²) in [4.78, 5) is 12.3. The highest BCUT2D eigenvalue weighted by Crippen LogP contribution is 2.25. The van der Waals surface area contributed by atoms with E-state index < -0.39 is 0 Å². The molecule has 0 saturated heterocycles. The van der Waals surface area contributed by atoms with Gasteiger partial charge in [0.05, 0.1) is 6.54 Å². The SMILES string of the molecule is Cc1c(C(=O)NCCCn2ccc3ccccc32)nn2c1OCC2. The van der Waals surface area contributed by atoms with Crippen molar-refractivity contribution in [3.63, 3.8) is 0 Å². The van der Waals surface area contributed by atoms with Gasteiger partial charge in [-0.2, -0.15) is 5.10 Å². The number of hydrogen-bond acceptors (Lipinski definition) is 3. The number of rotatable bonds is 5. The normalized spacial score (nSPS) is 13.0. The van der Waals surface area contributed by atoms with Crippen LogP contribution in [0, 0.1) is 6.92 Å². The molecule has 24 heavy (non-hydrogen) atoms. The van der Waals surface area contributed by atoms with Crippen LogP contribution in [0.5, 0.6) is 5.88 Å². The average molecular weight is 324 g/mol. The molecule has 1 aliphatic heterocycles. The molecular weight excluding hydrogens is 304 g/mol. The highest BCUT2D eigenvalue weighted by molar-refractivity contribution is 5.94. The molecule has 4 rings (SSSR count). The van der Waals surface area contributed by atoms with E-state index in [1.165, 1.54) is 10.9 Å². The molecule has 1 N–H and O–H groups in total. The smallest absolute Gasteiger partial charge is 0.272 e. The lowest BCUT2D eigenvalue weighted by atomic mass is 10.2. The van der Waals surface area contributed by atoms with E-state index in [2.05, 4.69) is 39.4 Å². The number of hydrogen-bond donors (Lipinski definition) is 1. The number of nitrogens with zero attached hydrogens (tertiary/aromatic N) is 3. The Hall–Kier alpha value is -2.76. The van der Waals surface area contributed by atoms with Crippen LogP contribution in [0.1, 0.15) is 22.5 Å². The molecule has 0 fully saturated rings. The van der Waals surface area contributed by atoms with E-state index in [0.717, 1.165) is 24.4 Å². The third-order valence-electron chi connectivity index (χ3n) is 4.43. The fourth-order valence-corrected chi connectivity index (χ4v) is 3.19. The number of carbonyl (C=O) groups excluding carboxylic acids is 1. The summed E-state index contributed by atoms with van der Waals surface area (Å²) >= 11 is 0. The van der Waals surface area contributed by atoms with Crippen molar-refractivity contribution < 1.29 is 9.53 Å². The van der Waals surface area contributed by atoms with Crippen LogP contribution in [0.2, 0.25) is 0 Å². The largest absolute Gasteiger partial charge is 0.476 e. The van der Waals surface area contributed by atoms with E-state index >= 15 is 0 Å². The zero-order chi connectivity index (χ0) is 16.5. The van der Waals surface area contributed by atoms with Crippen molar-refractivity contribution in [1.29, 1.82) is 0 Å². The molecule has 124 valence electrons. The first-order valence-electron chi connectivity index (χ1n) is 8.26. The van der Waals surface area contributed by atoms with Crippen LogP contribution in [0.3, 0.4) is 0 Å². The second-order valence-corrected chi connectivity index (χ2v) is 6.03. The van der Waals surface area contributed by atoms with Crippen LogP contribution in [-0.4, -0.2) is 33.4 Å². The second-order valence-electron chi connectivity index (χ2n) is 6.03. The maximum atomic E-state index is 12.3. The van der Waals surface area contributed by atoms with E-state index in [4.69, 9.17) is 4.74 Å². The molecule has 0 radical (unpaired) electrons. The van der Waals surface area contributed by atoms with Crippen molar-refractivity contribution in [3.05, 3.63) is 47.8 Å². The van der Waals surface area contributed by atoms with Crippen LogP contribution < -0.4 is 10.1 Å². The summed E-state index contributed by atoms with van der Waals surface area (Å²) < 4.78 is 9.47. The van der Waals surface area contributed by atoms with Crippen molar-refractivity contribution in [2.75, 3.05) is 13.2 Å². The fourth-order valence-electron chi connectivity index (χ4n) is 3.19.